The average molecular weight is 242 g/mol. The van der Waals surface area contributed by atoms with Crippen molar-refractivity contribution in [2.45, 2.75) is 25.0 Å². The Balaban J connectivity index is 0.000000245. The molecule has 6 nitrogen and oxygen atoms in total. The molecule has 0 bridgehead atoms. The maximum atomic E-state index is 9.66. The molecule has 0 aromatic rings. The van der Waals surface area contributed by atoms with Crippen LogP contribution in [0.1, 0.15) is 12.8 Å². The molecule has 2 aliphatic rings. The van der Waals surface area contributed by atoms with Crippen LogP contribution in [-0.4, -0.2) is 75.1 Å². The first-order valence-corrected chi connectivity index (χ1v) is 4.21. The molecule has 2 atom stereocenters. The minimum atomic E-state index is -1.03. The predicted octanol–water partition coefficient (Wildman–Crippen LogP) is -3.33. The van der Waals surface area contributed by atoms with E-state index < -0.39 is 11.9 Å². The van der Waals surface area contributed by atoms with Gasteiger partial charge in [-0.1, -0.05) is 0 Å². The predicted molar refractivity (Wildman–Crippen MR) is 44.5 cm³/mol. The van der Waals surface area contributed by atoms with Crippen molar-refractivity contribution in [3.05, 3.63) is 0 Å². The topological polar surface area (TPSA) is 105 Å². The summed E-state index contributed by atoms with van der Waals surface area (Å²) in [4.78, 5) is 19.3. The van der Waals surface area contributed by atoms with E-state index in [9.17, 15) is 19.8 Å². The molecule has 0 spiro atoms. The molecule has 7 heteroatoms. The molecule has 80 valence electrons. The molecule has 2 fully saturated rings. The van der Waals surface area contributed by atoms with Crippen LogP contribution in [0.25, 0.3) is 0 Å². The van der Waals surface area contributed by atoms with Gasteiger partial charge >= 0.3 is 37.7 Å². The van der Waals surface area contributed by atoms with Crippen LogP contribution in [0.4, 0.5) is 0 Å². The maximum absolute atomic E-state index is 9.66. The van der Waals surface area contributed by atoms with Crippen LogP contribution in [-0.2, 0) is 19.1 Å². The van der Waals surface area contributed by atoms with Gasteiger partial charge in [-0.3, -0.25) is 0 Å². The Bertz CT molecular complexity index is 199. The fourth-order valence-corrected chi connectivity index (χ4v) is 0.744. The Morgan fingerprint density at radius 3 is 1.33 bits per heavy atom. The van der Waals surface area contributed by atoms with E-state index in [1.54, 1.807) is 0 Å². The summed E-state index contributed by atoms with van der Waals surface area (Å²) in [7, 11) is 0. The summed E-state index contributed by atoms with van der Waals surface area (Å²) >= 11 is 0. The van der Waals surface area contributed by atoms with E-state index in [-0.39, 0.29) is 62.8 Å². The molecule has 0 N–H and O–H groups in total. The number of carboxylic acid groups (broad SMARTS) is 2. The van der Waals surface area contributed by atoms with E-state index in [0.717, 1.165) is 0 Å². The molecule has 0 aromatic heterocycles. The summed E-state index contributed by atoms with van der Waals surface area (Å²) in [6, 6.07) is 0. The van der Waals surface area contributed by atoms with Crippen LogP contribution >= 0.6 is 0 Å². The number of ether oxygens (including phenoxy) is 2. The van der Waals surface area contributed by atoms with Gasteiger partial charge in [0.1, 0.15) is 0 Å². The van der Waals surface area contributed by atoms with E-state index >= 15 is 0 Å². The number of aliphatic carboxylic acids is 2. The maximum Gasteiger partial charge on any atom is 2.00 e. The van der Waals surface area contributed by atoms with Gasteiger partial charge in [-0.15, -0.1) is 0 Å². The zero-order valence-corrected chi connectivity index (χ0v) is 10.3. The van der Waals surface area contributed by atoms with Gasteiger partial charge in [-0.25, -0.2) is 0 Å². The normalized spacial score (nSPS) is 25.3. The largest absolute Gasteiger partial charge is 2.00 e. The Labute approximate surface area is 117 Å². The van der Waals surface area contributed by atoms with E-state index in [2.05, 4.69) is 9.47 Å². The molecule has 2 saturated heterocycles. The Morgan fingerprint density at radius 2 is 1.27 bits per heavy atom. The molecule has 0 unspecified atom stereocenters. The van der Waals surface area contributed by atoms with E-state index in [0.29, 0.717) is 13.2 Å². The summed E-state index contributed by atoms with van der Waals surface area (Å²) in [5.74, 6) is -2.05. The van der Waals surface area contributed by atoms with Crippen molar-refractivity contribution in [1.82, 2.24) is 0 Å². The zero-order valence-electron chi connectivity index (χ0n) is 8.14. The van der Waals surface area contributed by atoms with E-state index in [4.69, 9.17) is 0 Å². The molecule has 2 aliphatic heterocycles. The fourth-order valence-electron chi connectivity index (χ4n) is 0.744. The second-order valence-corrected chi connectivity index (χ2v) is 3.06. The molecule has 0 aliphatic carbocycles. The molecular formula is C8H10CaO6. The third-order valence-electron chi connectivity index (χ3n) is 1.59. The van der Waals surface area contributed by atoms with Crippen LogP contribution in [0.5, 0.6) is 0 Å². The van der Waals surface area contributed by atoms with Crippen molar-refractivity contribution in [3.63, 3.8) is 0 Å². The molecule has 2 heterocycles. The van der Waals surface area contributed by atoms with Crippen LogP contribution in [0.3, 0.4) is 0 Å². The quantitative estimate of drug-likeness (QED) is 0.377. The van der Waals surface area contributed by atoms with Gasteiger partial charge in [0, 0.05) is 24.8 Å². The molecule has 0 saturated carbocycles. The monoisotopic (exact) mass is 242 g/mol. The molecule has 2 rings (SSSR count). The summed E-state index contributed by atoms with van der Waals surface area (Å²) in [6.07, 6.45) is 0.0370. The van der Waals surface area contributed by atoms with Gasteiger partial charge < -0.3 is 29.3 Å². The van der Waals surface area contributed by atoms with Crippen molar-refractivity contribution in [2.24, 2.45) is 0 Å². The minimum absolute atomic E-state index is 0. The van der Waals surface area contributed by atoms with E-state index in [1.165, 1.54) is 0 Å². The van der Waals surface area contributed by atoms with Gasteiger partial charge in [0.05, 0.1) is 25.4 Å². The Kier molecular flexibility index (Phi) is 7.46. The Morgan fingerprint density at radius 1 is 1.00 bits per heavy atom. The second kappa shape index (κ2) is 7.40. The number of carboxylic acids is 2. The number of carbonyl (C=O) groups is 2. The minimum Gasteiger partial charge on any atom is -0.550 e. The molecule has 0 radical (unpaired) electrons. The van der Waals surface area contributed by atoms with Crippen molar-refractivity contribution in [1.29, 1.82) is 0 Å². The average Bonchev–Trinajstić information content (AvgIpc) is 2.82. The van der Waals surface area contributed by atoms with Crippen molar-refractivity contribution in [3.8, 4) is 0 Å². The van der Waals surface area contributed by atoms with Crippen LogP contribution in [0, 0.1) is 0 Å². The molecular weight excluding hydrogens is 232 g/mol. The van der Waals surface area contributed by atoms with Gasteiger partial charge in [0.25, 0.3) is 0 Å². The van der Waals surface area contributed by atoms with Crippen molar-refractivity contribution >= 4 is 49.7 Å². The number of rotatable bonds is 4. The first kappa shape index (κ1) is 15.1. The molecule has 15 heavy (non-hydrogen) atoms. The molecule has 0 aromatic carbocycles. The van der Waals surface area contributed by atoms with E-state index in [1.807, 2.05) is 0 Å². The SMILES string of the molecule is O=C([O-])C[C@H]1CO1.O=C([O-])C[C@H]1CO1.[Ca+2]. The smallest absolute Gasteiger partial charge is 0.550 e. The first-order valence-electron chi connectivity index (χ1n) is 4.21. The summed E-state index contributed by atoms with van der Waals surface area (Å²) in [5, 5.41) is 19.3. The zero-order chi connectivity index (χ0) is 10.6. The molecule has 0 amide bonds. The summed E-state index contributed by atoms with van der Waals surface area (Å²) in [5.41, 5.74) is 0. The van der Waals surface area contributed by atoms with Crippen molar-refractivity contribution in [2.75, 3.05) is 13.2 Å². The van der Waals surface area contributed by atoms with Gasteiger partial charge in [0.2, 0.25) is 0 Å². The van der Waals surface area contributed by atoms with Crippen LogP contribution in [0.2, 0.25) is 0 Å². The summed E-state index contributed by atoms with van der Waals surface area (Å²) in [6.45, 7) is 1.18. The van der Waals surface area contributed by atoms with Gasteiger partial charge in [-0.05, 0) is 0 Å². The number of epoxide rings is 2. The Hall–Kier alpha value is 0.120. The number of hydrogen-bond acceptors (Lipinski definition) is 6. The number of carbonyl (C=O) groups excluding carboxylic acids is 2. The summed E-state index contributed by atoms with van der Waals surface area (Å²) < 4.78 is 9.20. The first-order chi connectivity index (χ1) is 6.58. The van der Waals surface area contributed by atoms with Gasteiger partial charge in [-0.2, -0.15) is 0 Å². The van der Waals surface area contributed by atoms with Crippen LogP contribution < -0.4 is 10.2 Å². The fraction of sp³-hybridized carbons (Fsp3) is 0.750. The van der Waals surface area contributed by atoms with Gasteiger partial charge in [0.15, 0.2) is 0 Å². The standard InChI is InChI=1S/2C4H6O3.Ca/c2*5-4(6)1-3-2-7-3;/h2*3H,1-2H2,(H,5,6);/q;;+2/p-2/t2*3-;/m00./s1. The third kappa shape index (κ3) is 10.4. The van der Waals surface area contributed by atoms with Crippen LogP contribution in [0.15, 0.2) is 0 Å². The third-order valence-corrected chi connectivity index (χ3v) is 1.59. The number of hydrogen-bond donors (Lipinski definition) is 0. The second-order valence-electron chi connectivity index (χ2n) is 3.06. The van der Waals surface area contributed by atoms with Crippen molar-refractivity contribution < 1.29 is 29.3 Å².